The number of hydrogen-bond donors (Lipinski definition) is 3. The first kappa shape index (κ1) is 17.1. The Morgan fingerprint density at radius 2 is 1.81 bits per heavy atom. The molecule has 0 aliphatic rings. The summed E-state index contributed by atoms with van der Waals surface area (Å²) < 4.78 is 37.6. The van der Waals surface area contributed by atoms with Crippen molar-refractivity contribution >= 4 is 17.3 Å². The number of amides is 1. The van der Waals surface area contributed by atoms with Crippen molar-refractivity contribution in [2.75, 3.05) is 11.1 Å². The molecule has 1 atom stereocenters. The van der Waals surface area contributed by atoms with Gasteiger partial charge in [-0.05, 0) is 45.9 Å². The minimum atomic E-state index is -4.44. The average molecular weight is 303 g/mol. The Kier molecular flexibility index (Phi) is 4.76. The molecule has 118 valence electrons. The van der Waals surface area contributed by atoms with E-state index in [1.807, 2.05) is 20.8 Å². The first-order chi connectivity index (χ1) is 9.40. The lowest BCUT2D eigenvalue weighted by Crippen LogP contribution is -2.47. The van der Waals surface area contributed by atoms with Crippen LogP contribution in [-0.4, -0.2) is 17.5 Å². The molecule has 21 heavy (non-hydrogen) atoms. The van der Waals surface area contributed by atoms with Gasteiger partial charge in [-0.25, -0.2) is 0 Å². The van der Waals surface area contributed by atoms with E-state index in [9.17, 15) is 18.0 Å². The van der Waals surface area contributed by atoms with E-state index in [4.69, 9.17) is 5.73 Å². The molecule has 1 unspecified atom stereocenters. The lowest BCUT2D eigenvalue weighted by atomic mass is 10.1. The molecule has 1 aromatic rings. The molecule has 0 saturated heterocycles. The number of nitrogen functional groups attached to an aromatic ring is 1. The van der Waals surface area contributed by atoms with Crippen molar-refractivity contribution in [1.82, 2.24) is 5.32 Å². The summed E-state index contributed by atoms with van der Waals surface area (Å²) in [4.78, 5) is 11.9. The van der Waals surface area contributed by atoms with E-state index in [2.05, 4.69) is 10.6 Å². The van der Waals surface area contributed by atoms with Crippen LogP contribution in [-0.2, 0) is 11.0 Å². The van der Waals surface area contributed by atoms with Gasteiger partial charge in [0.1, 0.15) is 6.04 Å². The fourth-order valence-corrected chi connectivity index (χ4v) is 1.65. The zero-order valence-corrected chi connectivity index (χ0v) is 12.4. The third-order valence-corrected chi connectivity index (χ3v) is 2.64. The highest BCUT2D eigenvalue weighted by Gasteiger charge is 2.31. The second-order valence-electron chi connectivity index (χ2n) is 5.91. The van der Waals surface area contributed by atoms with Gasteiger partial charge in [0.15, 0.2) is 0 Å². The molecule has 0 radical (unpaired) electrons. The molecule has 1 amide bonds. The Bertz CT molecular complexity index is 521. The molecule has 4 N–H and O–H groups in total. The van der Waals surface area contributed by atoms with Gasteiger partial charge in [0.25, 0.3) is 0 Å². The monoisotopic (exact) mass is 303 g/mol. The molecule has 0 heterocycles. The standard InChI is InChI=1S/C14H20F3N3O/c1-8(12(21)20-13(2,3)4)19-11-6-5-9(7-10(11)18)14(15,16)17/h5-8,19H,18H2,1-4H3,(H,20,21). The summed E-state index contributed by atoms with van der Waals surface area (Å²) in [5.74, 6) is -0.262. The van der Waals surface area contributed by atoms with Crippen molar-refractivity contribution in [2.45, 2.75) is 45.5 Å². The van der Waals surface area contributed by atoms with Crippen LogP contribution < -0.4 is 16.4 Å². The van der Waals surface area contributed by atoms with Gasteiger partial charge in [0.2, 0.25) is 5.91 Å². The van der Waals surface area contributed by atoms with Crippen LogP contribution in [0.5, 0.6) is 0 Å². The topological polar surface area (TPSA) is 67.1 Å². The second kappa shape index (κ2) is 5.83. The maximum atomic E-state index is 12.5. The van der Waals surface area contributed by atoms with E-state index in [0.717, 1.165) is 12.1 Å². The molecule has 0 aliphatic carbocycles. The predicted octanol–water partition coefficient (Wildman–Crippen LogP) is 3.00. The van der Waals surface area contributed by atoms with E-state index < -0.39 is 23.3 Å². The van der Waals surface area contributed by atoms with Crippen molar-refractivity contribution in [2.24, 2.45) is 0 Å². The molecule has 0 aliphatic heterocycles. The van der Waals surface area contributed by atoms with E-state index >= 15 is 0 Å². The Morgan fingerprint density at radius 3 is 2.24 bits per heavy atom. The number of nitrogens with two attached hydrogens (primary N) is 1. The number of nitrogens with one attached hydrogen (secondary N) is 2. The van der Waals surface area contributed by atoms with Crippen LogP contribution in [0.15, 0.2) is 18.2 Å². The number of alkyl halides is 3. The maximum absolute atomic E-state index is 12.5. The second-order valence-corrected chi connectivity index (χ2v) is 5.91. The van der Waals surface area contributed by atoms with Gasteiger partial charge in [0.05, 0.1) is 16.9 Å². The lowest BCUT2D eigenvalue weighted by Gasteiger charge is -2.24. The molecule has 0 aromatic heterocycles. The molecular formula is C14H20F3N3O. The number of rotatable bonds is 3. The number of carbonyl (C=O) groups is 1. The summed E-state index contributed by atoms with van der Waals surface area (Å²) >= 11 is 0. The maximum Gasteiger partial charge on any atom is 0.416 e. The molecule has 4 nitrogen and oxygen atoms in total. The lowest BCUT2D eigenvalue weighted by molar-refractivity contribution is -0.137. The van der Waals surface area contributed by atoms with Gasteiger partial charge in [-0.1, -0.05) is 0 Å². The highest BCUT2D eigenvalue weighted by molar-refractivity contribution is 5.86. The number of carbonyl (C=O) groups excluding carboxylic acids is 1. The van der Waals surface area contributed by atoms with Crippen LogP contribution in [0.2, 0.25) is 0 Å². The molecule has 0 bridgehead atoms. The molecule has 1 aromatic carbocycles. The van der Waals surface area contributed by atoms with Gasteiger partial charge in [0, 0.05) is 5.54 Å². The highest BCUT2D eigenvalue weighted by atomic mass is 19.4. The summed E-state index contributed by atoms with van der Waals surface area (Å²) in [5, 5.41) is 5.58. The summed E-state index contributed by atoms with van der Waals surface area (Å²) in [6.07, 6.45) is -4.44. The van der Waals surface area contributed by atoms with Crippen LogP contribution in [0.3, 0.4) is 0 Å². The van der Waals surface area contributed by atoms with Gasteiger partial charge < -0.3 is 16.4 Å². The molecular weight excluding hydrogens is 283 g/mol. The van der Waals surface area contributed by atoms with Crippen molar-refractivity contribution in [3.8, 4) is 0 Å². The molecule has 0 spiro atoms. The number of anilines is 2. The number of benzene rings is 1. The van der Waals surface area contributed by atoms with Gasteiger partial charge in [-0.3, -0.25) is 4.79 Å². The first-order valence-electron chi connectivity index (χ1n) is 6.45. The van der Waals surface area contributed by atoms with Crippen molar-refractivity contribution < 1.29 is 18.0 Å². The summed E-state index contributed by atoms with van der Waals surface area (Å²) in [5.41, 5.74) is 4.62. The van der Waals surface area contributed by atoms with E-state index in [1.54, 1.807) is 6.92 Å². The fraction of sp³-hybridized carbons (Fsp3) is 0.500. The Labute approximate surface area is 121 Å². The number of halogens is 3. The molecule has 7 heteroatoms. The Hall–Kier alpha value is -1.92. The fourth-order valence-electron chi connectivity index (χ4n) is 1.65. The van der Waals surface area contributed by atoms with Crippen molar-refractivity contribution in [3.05, 3.63) is 23.8 Å². The Balaban J connectivity index is 2.82. The normalized spacial score (nSPS) is 13.7. The summed E-state index contributed by atoms with van der Waals surface area (Å²) in [6.45, 7) is 7.12. The van der Waals surface area contributed by atoms with Crippen molar-refractivity contribution in [1.29, 1.82) is 0 Å². The van der Waals surface area contributed by atoms with Crippen molar-refractivity contribution in [3.63, 3.8) is 0 Å². The quantitative estimate of drug-likeness (QED) is 0.752. The highest BCUT2D eigenvalue weighted by Crippen LogP contribution is 2.32. The zero-order chi connectivity index (χ0) is 16.4. The molecule has 1 rings (SSSR count). The van der Waals surface area contributed by atoms with Crippen LogP contribution in [0.4, 0.5) is 24.5 Å². The average Bonchev–Trinajstić information content (AvgIpc) is 2.27. The predicted molar refractivity (Wildman–Crippen MR) is 76.8 cm³/mol. The smallest absolute Gasteiger partial charge is 0.397 e. The first-order valence-corrected chi connectivity index (χ1v) is 6.45. The van der Waals surface area contributed by atoms with Crippen LogP contribution in [0.25, 0.3) is 0 Å². The SMILES string of the molecule is CC(Nc1ccc(C(F)(F)F)cc1N)C(=O)NC(C)(C)C. The van der Waals surface area contributed by atoms with E-state index in [0.29, 0.717) is 5.69 Å². The summed E-state index contributed by atoms with van der Waals surface area (Å²) in [6, 6.07) is 2.37. The van der Waals surface area contributed by atoms with Crippen LogP contribution >= 0.6 is 0 Å². The van der Waals surface area contributed by atoms with E-state index in [1.165, 1.54) is 6.07 Å². The van der Waals surface area contributed by atoms with Gasteiger partial charge in [-0.15, -0.1) is 0 Å². The minimum absolute atomic E-state index is 0.0553. The third-order valence-electron chi connectivity index (χ3n) is 2.64. The zero-order valence-electron chi connectivity index (χ0n) is 12.4. The minimum Gasteiger partial charge on any atom is -0.397 e. The van der Waals surface area contributed by atoms with E-state index in [-0.39, 0.29) is 11.6 Å². The van der Waals surface area contributed by atoms with Gasteiger partial charge in [-0.2, -0.15) is 13.2 Å². The van der Waals surface area contributed by atoms with Crippen LogP contribution in [0, 0.1) is 0 Å². The summed E-state index contributed by atoms with van der Waals surface area (Å²) in [7, 11) is 0. The van der Waals surface area contributed by atoms with Crippen LogP contribution in [0.1, 0.15) is 33.3 Å². The number of hydrogen-bond acceptors (Lipinski definition) is 3. The Morgan fingerprint density at radius 1 is 1.24 bits per heavy atom. The van der Waals surface area contributed by atoms with Gasteiger partial charge >= 0.3 is 6.18 Å². The largest absolute Gasteiger partial charge is 0.416 e. The third kappa shape index (κ3) is 5.17. The molecule has 0 saturated carbocycles. The molecule has 0 fully saturated rings.